The Hall–Kier alpha value is -3.08. The number of nitrogens with one attached hydrogen (secondary N) is 1. The molecule has 0 radical (unpaired) electrons. The largest absolute Gasteiger partial charge is 0.493 e. The fourth-order valence-corrected chi connectivity index (χ4v) is 5.86. The van der Waals surface area contributed by atoms with Crippen molar-refractivity contribution in [2.24, 2.45) is 0 Å². The molecule has 0 atom stereocenters. The molecule has 0 saturated carbocycles. The maximum Gasteiger partial charge on any atom is 0.248 e. The van der Waals surface area contributed by atoms with Gasteiger partial charge in [-0.25, -0.2) is 8.42 Å². The van der Waals surface area contributed by atoms with Crippen molar-refractivity contribution in [3.8, 4) is 11.5 Å². The fraction of sp³-hybridized carbons (Fsp3) is 0.423. The minimum atomic E-state index is -3.70. The van der Waals surface area contributed by atoms with Crippen LogP contribution < -0.4 is 19.7 Å². The van der Waals surface area contributed by atoms with Gasteiger partial charge in [-0.15, -0.1) is 0 Å². The van der Waals surface area contributed by atoms with Crippen molar-refractivity contribution < 1.29 is 27.4 Å². The number of anilines is 2. The molecule has 0 aliphatic carbocycles. The number of methoxy groups -OCH3 is 2. The number of benzene rings is 2. The van der Waals surface area contributed by atoms with Crippen molar-refractivity contribution in [3.63, 3.8) is 0 Å². The summed E-state index contributed by atoms with van der Waals surface area (Å²) in [7, 11) is -0.580. The lowest BCUT2D eigenvalue weighted by Gasteiger charge is -2.31. The Morgan fingerprint density at radius 1 is 0.944 bits per heavy atom. The van der Waals surface area contributed by atoms with Gasteiger partial charge in [-0.2, -0.15) is 4.31 Å². The maximum absolute atomic E-state index is 13.2. The van der Waals surface area contributed by atoms with Gasteiger partial charge in [0, 0.05) is 32.3 Å². The molecule has 9 nitrogen and oxygen atoms in total. The molecule has 2 aromatic carbocycles. The first kappa shape index (κ1) is 26.0. The standard InChI is InChI=1S/C26H33N3O6S/c1-33-24-10-6-20(18-25(24)34-2)7-11-26(30)27-22-19-21(36(31,32)29-14-16-35-17-15-29)8-9-23(22)28-12-4-3-5-13-28/h6-11,18-19H,3-5,12-17H2,1-2H3,(H,27,30)/b11-7+. The average Bonchev–Trinajstić information content (AvgIpc) is 2.92. The summed E-state index contributed by atoms with van der Waals surface area (Å²) in [6.45, 7) is 3.09. The molecule has 194 valence electrons. The zero-order chi connectivity index (χ0) is 25.5. The molecule has 36 heavy (non-hydrogen) atoms. The molecule has 2 aromatic rings. The molecule has 2 heterocycles. The Balaban J connectivity index is 1.59. The van der Waals surface area contributed by atoms with Gasteiger partial charge in [-0.1, -0.05) is 6.07 Å². The van der Waals surface area contributed by atoms with Crippen molar-refractivity contribution in [2.45, 2.75) is 24.2 Å². The second-order valence-corrected chi connectivity index (χ2v) is 10.6. The number of morpholine rings is 1. The van der Waals surface area contributed by atoms with Gasteiger partial charge in [0.1, 0.15) is 0 Å². The van der Waals surface area contributed by atoms with E-state index >= 15 is 0 Å². The lowest BCUT2D eigenvalue weighted by atomic mass is 10.1. The zero-order valence-electron chi connectivity index (χ0n) is 20.7. The molecule has 2 fully saturated rings. The topological polar surface area (TPSA) is 97.4 Å². The van der Waals surface area contributed by atoms with Crippen LogP contribution in [-0.4, -0.2) is 72.2 Å². The zero-order valence-corrected chi connectivity index (χ0v) is 21.6. The van der Waals surface area contributed by atoms with E-state index in [0.29, 0.717) is 43.5 Å². The van der Waals surface area contributed by atoms with E-state index in [9.17, 15) is 13.2 Å². The lowest BCUT2D eigenvalue weighted by Crippen LogP contribution is -2.40. The number of nitrogens with zero attached hydrogens (tertiary/aromatic N) is 2. The van der Waals surface area contributed by atoms with Crippen molar-refractivity contribution in [1.29, 1.82) is 0 Å². The van der Waals surface area contributed by atoms with E-state index in [-0.39, 0.29) is 10.8 Å². The van der Waals surface area contributed by atoms with E-state index in [2.05, 4.69) is 10.2 Å². The van der Waals surface area contributed by atoms with E-state index in [4.69, 9.17) is 14.2 Å². The van der Waals surface area contributed by atoms with Crippen LogP contribution in [0.1, 0.15) is 24.8 Å². The highest BCUT2D eigenvalue weighted by Gasteiger charge is 2.28. The molecule has 2 aliphatic heterocycles. The Bertz CT molecular complexity index is 1200. The van der Waals surface area contributed by atoms with Crippen LogP contribution in [0, 0.1) is 0 Å². The first-order chi connectivity index (χ1) is 17.4. The number of carbonyl (C=O) groups is 1. The molecule has 2 aliphatic rings. The second kappa shape index (κ2) is 11.8. The van der Waals surface area contributed by atoms with E-state index in [0.717, 1.165) is 43.6 Å². The van der Waals surface area contributed by atoms with Crippen molar-refractivity contribution >= 4 is 33.4 Å². The summed E-state index contributed by atoms with van der Waals surface area (Å²) in [4.78, 5) is 15.3. The summed E-state index contributed by atoms with van der Waals surface area (Å²) >= 11 is 0. The minimum absolute atomic E-state index is 0.157. The number of amides is 1. The highest BCUT2D eigenvalue weighted by Crippen LogP contribution is 2.32. The molecule has 2 saturated heterocycles. The number of ether oxygens (including phenoxy) is 3. The Kier molecular flexibility index (Phi) is 8.50. The lowest BCUT2D eigenvalue weighted by molar-refractivity contribution is -0.111. The summed E-state index contributed by atoms with van der Waals surface area (Å²) in [5.41, 5.74) is 2.07. The third-order valence-electron chi connectivity index (χ3n) is 6.37. The van der Waals surface area contributed by atoms with Crippen LogP contribution in [0.3, 0.4) is 0 Å². The van der Waals surface area contributed by atoms with Crippen LogP contribution >= 0.6 is 0 Å². The maximum atomic E-state index is 13.2. The molecule has 0 unspecified atom stereocenters. The summed E-state index contributed by atoms with van der Waals surface area (Å²) in [5, 5.41) is 2.91. The van der Waals surface area contributed by atoms with Gasteiger partial charge in [-0.05, 0) is 61.2 Å². The van der Waals surface area contributed by atoms with Gasteiger partial charge in [0.25, 0.3) is 0 Å². The highest BCUT2D eigenvalue weighted by molar-refractivity contribution is 7.89. The number of sulfonamides is 1. The smallest absolute Gasteiger partial charge is 0.248 e. The summed E-state index contributed by atoms with van der Waals surface area (Å²) in [6, 6.07) is 10.4. The fourth-order valence-electron chi connectivity index (χ4n) is 4.43. The molecular formula is C26H33N3O6S. The predicted octanol–water partition coefficient (Wildman–Crippen LogP) is 3.37. The highest BCUT2D eigenvalue weighted by atomic mass is 32.2. The number of piperidine rings is 1. The van der Waals surface area contributed by atoms with Crippen LogP contribution in [0.2, 0.25) is 0 Å². The van der Waals surface area contributed by atoms with Crippen LogP contribution in [0.5, 0.6) is 11.5 Å². The Morgan fingerprint density at radius 2 is 1.67 bits per heavy atom. The quantitative estimate of drug-likeness (QED) is 0.539. The molecule has 1 N–H and O–H groups in total. The van der Waals surface area contributed by atoms with Crippen LogP contribution in [0.15, 0.2) is 47.4 Å². The number of hydrogen-bond acceptors (Lipinski definition) is 7. The molecule has 10 heteroatoms. The molecule has 0 spiro atoms. The third-order valence-corrected chi connectivity index (χ3v) is 8.26. The predicted molar refractivity (Wildman–Crippen MR) is 139 cm³/mol. The molecule has 4 rings (SSSR count). The number of rotatable bonds is 8. The monoisotopic (exact) mass is 515 g/mol. The first-order valence-corrected chi connectivity index (χ1v) is 13.5. The molecule has 1 amide bonds. The first-order valence-electron chi connectivity index (χ1n) is 12.1. The van der Waals surface area contributed by atoms with Crippen LogP contribution in [-0.2, 0) is 19.6 Å². The van der Waals surface area contributed by atoms with Gasteiger partial charge in [0.2, 0.25) is 15.9 Å². The average molecular weight is 516 g/mol. The SMILES string of the molecule is COc1ccc(/C=C/C(=O)Nc2cc(S(=O)(=O)N3CCOCC3)ccc2N2CCCCC2)cc1OC. The number of hydrogen-bond donors (Lipinski definition) is 1. The van der Waals surface area contributed by atoms with Gasteiger partial charge < -0.3 is 24.4 Å². The van der Waals surface area contributed by atoms with E-state index in [1.165, 1.54) is 10.4 Å². The van der Waals surface area contributed by atoms with E-state index in [1.54, 1.807) is 50.6 Å². The number of carbonyl (C=O) groups excluding carboxylic acids is 1. The Morgan fingerprint density at radius 3 is 2.36 bits per heavy atom. The Labute approximate surface area is 212 Å². The second-order valence-electron chi connectivity index (χ2n) is 8.68. The molecule has 0 aromatic heterocycles. The van der Waals surface area contributed by atoms with Crippen LogP contribution in [0.25, 0.3) is 6.08 Å². The van der Waals surface area contributed by atoms with Crippen LogP contribution in [0.4, 0.5) is 11.4 Å². The van der Waals surface area contributed by atoms with Crippen molar-refractivity contribution in [1.82, 2.24) is 4.31 Å². The van der Waals surface area contributed by atoms with Gasteiger partial charge >= 0.3 is 0 Å². The minimum Gasteiger partial charge on any atom is -0.493 e. The van der Waals surface area contributed by atoms with Gasteiger partial charge in [0.15, 0.2) is 11.5 Å². The third kappa shape index (κ3) is 6.00. The van der Waals surface area contributed by atoms with Crippen molar-refractivity contribution in [3.05, 3.63) is 48.0 Å². The van der Waals surface area contributed by atoms with Gasteiger partial charge in [-0.3, -0.25) is 4.79 Å². The summed E-state index contributed by atoms with van der Waals surface area (Å²) in [5.74, 6) is 0.806. The molecule has 0 bridgehead atoms. The van der Waals surface area contributed by atoms with E-state index in [1.807, 2.05) is 6.07 Å². The van der Waals surface area contributed by atoms with E-state index < -0.39 is 10.0 Å². The summed E-state index contributed by atoms with van der Waals surface area (Å²) < 4.78 is 43.8. The summed E-state index contributed by atoms with van der Waals surface area (Å²) in [6.07, 6.45) is 6.37. The molecular weight excluding hydrogens is 482 g/mol. The van der Waals surface area contributed by atoms with Crippen molar-refractivity contribution in [2.75, 3.05) is 63.8 Å². The van der Waals surface area contributed by atoms with Gasteiger partial charge in [0.05, 0.1) is 43.7 Å². The normalized spacial score (nSPS) is 17.2.